The lowest BCUT2D eigenvalue weighted by molar-refractivity contribution is 0.103. The fourth-order valence-corrected chi connectivity index (χ4v) is 3.49. The number of para-hydroxylation sites is 1. The summed E-state index contributed by atoms with van der Waals surface area (Å²) in [5.74, 6) is -0.992. The number of rotatable bonds is 2. The van der Waals surface area contributed by atoms with Crippen LogP contribution in [0, 0.1) is 12.7 Å². The number of anilines is 1. The number of nitrogens with one attached hydrogen (secondary N) is 1. The fraction of sp³-hybridized carbons (Fsp3) is 0.0556. The molecule has 0 saturated heterocycles. The quantitative estimate of drug-likeness (QED) is 0.599. The van der Waals surface area contributed by atoms with Crippen LogP contribution in [0.5, 0.6) is 0 Å². The summed E-state index contributed by atoms with van der Waals surface area (Å²) in [6.45, 7) is 1.89. The van der Waals surface area contributed by atoms with Crippen molar-refractivity contribution in [2.24, 2.45) is 0 Å². The van der Waals surface area contributed by atoms with Gasteiger partial charge in [-0.25, -0.2) is 9.37 Å². The molecule has 0 bridgehead atoms. The average Bonchev–Trinajstić information content (AvgIpc) is 3.02. The average molecular weight is 353 g/mol. The Morgan fingerprint density at radius 1 is 1.24 bits per heavy atom. The zero-order chi connectivity index (χ0) is 17.6. The third kappa shape index (κ3) is 2.68. The highest BCUT2D eigenvalue weighted by Crippen LogP contribution is 2.24. The Morgan fingerprint density at radius 3 is 2.84 bits per heavy atom. The van der Waals surface area contributed by atoms with Gasteiger partial charge >= 0.3 is 0 Å². The van der Waals surface area contributed by atoms with E-state index >= 15 is 0 Å². The molecule has 124 valence electrons. The van der Waals surface area contributed by atoms with E-state index in [2.05, 4.69) is 10.3 Å². The molecule has 0 unspecified atom stereocenters. The van der Waals surface area contributed by atoms with Gasteiger partial charge in [0, 0.05) is 6.20 Å². The highest BCUT2D eigenvalue weighted by Gasteiger charge is 2.16. The topological polar surface area (TPSA) is 63.5 Å². The number of thiophene rings is 1. The number of hydrogen-bond acceptors (Lipinski definition) is 4. The third-order valence-corrected chi connectivity index (χ3v) is 4.83. The van der Waals surface area contributed by atoms with Crippen LogP contribution in [0.3, 0.4) is 0 Å². The maximum atomic E-state index is 13.7. The Balaban J connectivity index is 1.80. The van der Waals surface area contributed by atoms with E-state index in [9.17, 15) is 14.0 Å². The minimum Gasteiger partial charge on any atom is -0.319 e. The van der Waals surface area contributed by atoms with Crippen molar-refractivity contribution < 1.29 is 9.18 Å². The van der Waals surface area contributed by atoms with Gasteiger partial charge in [0.15, 0.2) is 0 Å². The number of pyridine rings is 1. The molecule has 3 heterocycles. The Bertz CT molecular complexity index is 1200. The Labute approximate surface area is 145 Å². The van der Waals surface area contributed by atoms with E-state index in [1.54, 1.807) is 24.4 Å². The summed E-state index contributed by atoms with van der Waals surface area (Å²) in [5, 5.41) is 2.88. The summed E-state index contributed by atoms with van der Waals surface area (Å²) >= 11 is 1.10. The van der Waals surface area contributed by atoms with Crippen LogP contribution in [-0.4, -0.2) is 15.3 Å². The molecule has 4 aromatic rings. The molecule has 0 spiro atoms. The second-order valence-corrected chi connectivity index (χ2v) is 6.65. The van der Waals surface area contributed by atoms with Crippen molar-refractivity contribution in [3.05, 3.63) is 75.3 Å². The predicted molar refractivity (Wildman–Crippen MR) is 95.9 cm³/mol. The number of nitrogens with zero attached hydrogens (tertiary/aromatic N) is 2. The first-order valence-electron chi connectivity index (χ1n) is 7.51. The zero-order valence-electron chi connectivity index (χ0n) is 13.1. The van der Waals surface area contributed by atoms with Crippen LogP contribution in [0.1, 0.15) is 15.2 Å². The smallest absolute Gasteiger partial charge is 0.266 e. The van der Waals surface area contributed by atoms with Crippen LogP contribution in [0.2, 0.25) is 0 Å². The van der Waals surface area contributed by atoms with E-state index in [1.807, 2.05) is 13.0 Å². The van der Waals surface area contributed by atoms with Crippen LogP contribution in [0.25, 0.3) is 15.9 Å². The summed E-state index contributed by atoms with van der Waals surface area (Å²) in [6.07, 6.45) is 1.71. The highest BCUT2D eigenvalue weighted by atomic mass is 32.1. The monoisotopic (exact) mass is 353 g/mol. The van der Waals surface area contributed by atoms with Crippen molar-refractivity contribution in [2.75, 3.05) is 5.32 Å². The zero-order valence-corrected chi connectivity index (χ0v) is 13.9. The number of carbonyl (C=O) groups excluding carboxylic acids is 1. The molecule has 0 atom stereocenters. The van der Waals surface area contributed by atoms with Gasteiger partial charge in [-0.15, -0.1) is 11.3 Å². The van der Waals surface area contributed by atoms with E-state index in [0.29, 0.717) is 20.7 Å². The molecule has 0 aliphatic rings. The van der Waals surface area contributed by atoms with E-state index in [-0.39, 0.29) is 11.2 Å². The van der Waals surface area contributed by atoms with Gasteiger partial charge in [0.25, 0.3) is 11.5 Å². The summed E-state index contributed by atoms with van der Waals surface area (Å²) in [6, 6.07) is 11.0. The number of amides is 1. The number of carbonyl (C=O) groups is 1. The molecule has 0 saturated carbocycles. The molecular weight excluding hydrogens is 341 g/mol. The Morgan fingerprint density at radius 2 is 2.04 bits per heavy atom. The molecule has 7 heteroatoms. The molecule has 0 fully saturated rings. The van der Waals surface area contributed by atoms with Gasteiger partial charge in [-0.05, 0) is 36.8 Å². The first-order chi connectivity index (χ1) is 12.0. The Kier molecular flexibility index (Phi) is 3.58. The maximum absolute atomic E-state index is 13.7. The molecule has 0 radical (unpaired) electrons. The van der Waals surface area contributed by atoms with Crippen molar-refractivity contribution in [3.63, 3.8) is 0 Å². The lowest BCUT2D eigenvalue weighted by Crippen LogP contribution is -2.14. The SMILES string of the molecule is Cc1ccc2nc3sc(C(=O)Nc4ccccc4F)cc3c(=O)n2c1. The van der Waals surface area contributed by atoms with E-state index in [0.717, 1.165) is 16.9 Å². The van der Waals surface area contributed by atoms with Crippen molar-refractivity contribution in [1.82, 2.24) is 9.38 Å². The van der Waals surface area contributed by atoms with E-state index < -0.39 is 11.7 Å². The summed E-state index contributed by atoms with van der Waals surface area (Å²) < 4.78 is 15.1. The Hall–Kier alpha value is -3.06. The number of aromatic nitrogens is 2. The van der Waals surface area contributed by atoms with Crippen LogP contribution in [-0.2, 0) is 0 Å². The molecule has 0 aliphatic carbocycles. The van der Waals surface area contributed by atoms with E-state index in [4.69, 9.17) is 0 Å². The number of hydrogen-bond donors (Lipinski definition) is 1. The highest BCUT2D eigenvalue weighted by molar-refractivity contribution is 7.20. The minimum absolute atomic E-state index is 0.0930. The number of aryl methyl sites for hydroxylation is 1. The maximum Gasteiger partial charge on any atom is 0.266 e. The van der Waals surface area contributed by atoms with Gasteiger partial charge in [0.2, 0.25) is 0 Å². The van der Waals surface area contributed by atoms with Gasteiger partial charge < -0.3 is 5.32 Å². The molecule has 3 aromatic heterocycles. The first-order valence-corrected chi connectivity index (χ1v) is 8.33. The fourth-order valence-electron chi connectivity index (χ4n) is 2.56. The molecule has 0 aliphatic heterocycles. The van der Waals surface area contributed by atoms with Crippen molar-refractivity contribution >= 4 is 38.8 Å². The largest absolute Gasteiger partial charge is 0.319 e. The summed E-state index contributed by atoms with van der Waals surface area (Å²) in [7, 11) is 0. The van der Waals surface area contributed by atoms with Gasteiger partial charge in [-0.3, -0.25) is 14.0 Å². The molecule has 4 rings (SSSR count). The predicted octanol–water partition coefficient (Wildman–Crippen LogP) is 3.61. The molecule has 1 N–H and O–H groups in total. The molecule has 1 aromatic carbocycles. The minimum atomic E-state index is -0.517. The summed E-state index contributed by atoms with van der Waals surface area (Å²) in [4.78, 5) is 30.2. The van der Waals surface area contributed by atoms with Crippen LogP contribution < -0.4 is 10.9 Å². The van der Waals surface area contributed by atoms with Gasteiger partial charge in [-0.2, -0.15) is 0 Å². The molecule has 25 heavy (non-hydrogen) atoms. The number of halogens is 1. The summed E-state index contributed by atoms with van der Waals surface area (Å²) in [5.41, 5.74) is 1.31. The van der Waals surface area contributed by atoms with Crippen LogP contribution in [0.15, 0.2) is 53.5 Å². The second kappa shape index (κ2) is 5.78. The second-order valence-electron chi connectivity index (χ2n) is 5.62. The lowest BCUT2D eigenvalue weighted by Gasteiger charge is -2.03. The van der Waals surface area contributed by atoms with E-state index in [1.165, 1.54) is 22.6 Å². The van der Waals surface area contributed by atoms with Gasteiger partial charge in [0.1, 0.15) is 16.3 Å². The van der Waals surface area contributed by atoms with Gasteiger partial charge in [0.05, 0.1) is 16.0 Å². The number of benzene rings is 1. The van der Waals surface area contributed by atoms with Crippen LogP contribution >= 0.6 is 11.3 Å². The van der Waals surface area contributed by atoms with Crippen LogP contribution in [0.4, 0.5) is 10.1 Å². The van der Waals surface area contributed by atoms with Crippen molar-refractivity contribution in [3.8, 4) is 0 Å². The third-order valence-electron chi connectivity index (χ3n) is 3.80. The van der Waals surface area contributed by atoms with Crippen molar-refractivity contribution in [2.45, 2.75) is 6.92 Å². The van der Waals surface area contributed by atoms with Gasteiger partial charge in [-0.1, -0.05) is 18.2 Å². The standard InChI is InChI=1S/C18H12FN3O2S/c1-10-6-7-15-21-17-11(18(24)22(15)9-10)8-14(25-17)16(23)20-13-5-3-2-4-12(13)19/h2-9H,1H3,(H,20,23). The first kappa shape index (κ1) is 15.5. The lowest BCUT2D eigenvalue weighted by atomic mass is 10.3. The molecular formula is C18H12FN3O2S. The van der Waals surface area contributed by atoms with Crippen molar-refractivity contribution in [1.29, 1.82) is 0 Å². The molecule has 1 amide bonds. The normalized spacial score (nSPS) is 11.1. The number of fused-ring (bicyclic) bond motifs is 2. The molecule has 5 nitrogen and oxygen atoms in total.